The molecule has 0 aliphatic heterocycles. The summed E-state index contributed by atoms with van der Waals surface area (Å²) < 4.78 is 39.7. The Morgan fingerprint density at radius 1 is 1.15 bits per heavy atom. The first-order valence-corrected chi connectivity index (χ1v) is 7.65. The molecule has 0 aliphatic carbocycles. The minimum absolute atomic E-state index is 0.0752. The Morgan fingerprint density at radius 3 is 2.58 bits per heavy atom. The van der Waals surface area contributed by atoms with Gasteiger partial charge in [0.25, 0.3) is 11.5 Å². The van der Waals surface area contributed by atoms with E-state index in [1.807, 2.05) is 6.92 Å². The van der Waals surface area contributed by atoms with Crippen LogP contribution in [0, 0.1) is 13.8 Å². The molecule has 1 aromatic carbocycles. The number of alkyl halides is 3. The average Bonchev–Trinajstić information content (AvgIpc) is 2.57. The first-order valence-electron chi connectivity index (χ1n) is 7.65. The predicted molar refractivity (Wildman–Crippen MR) is 90.3 cm³/mol. The van der Waals surface area contributed by atoms with E-state index in [0.29, 0.717) is 5.65 Å². The normalized spacial score (nSPS) is 11.6. The van der Waals surface area contributed by atoms with E-state index in [1.165, 1.54) is 16.7 Å². The highest BCUT2D eigenvalue weighted by molar-refractivity contribution is 6.04. The molecule has 0 saturated carbocycles. The lowest BCUT2D eigenvalue weighted by molar-refractivity contribution is -0.137. The zero-order valence-electron chi connectivity index (χ0n) is 13.9. The zero-order chi connectivity index (χ0) is 19.1. The molecule has 0 fully saturated rings. The number of carbonyl (C=O) groups is 1. The number of carbonyl (C=O) groups excluding carboxylic acids is 1. The van der Waals surface area contributed by atoms with Gasteiger partial charge in [-0.2, -0.15) is 13.2 Å². The van der Waals surface area contributed by atoms with Crippen LogP contribution in [0.15, 0.2) is 47.4 Å². The summed E-state index contributed by atoms with van der Waals surface area (Å²) in [5.41, 5.74) is -0.109. The summed E-state index contributed by atoms with van der Waals surface area (Å²) >= 11 is 0. The topological polar surface area (TPSA) is 63.5 Å². The van der Waals surface area contributed by atoms with Gasteiger partial charge < -0.3 is 5.32 Å². The van der Waals surface area contributed by atoms with Gasteiger partial charge in [-0.05, 0) is 49.7 Å². The fourth-order valence-corrected chi connectivity index (χ4v) is 2.52. The van der Waals surface area contributed by atoms with E-state index in [2.05, 4.69) is 10.3 Å². The van der Waals surface area contributed by atoms with Crippen molar-refractivity contribution in [2.24, 2.45) is 0 Å². The number of hydrogen-bond donors (Lipinski definition) is 1. The summed E-state index contributed by atoms with van der Waals surface area (Å²) in [6.45, 7) is 3.40. The summed E-state index contributed by atoms with van der Waals surface area (Å²) in [6.07, 6.45) is -3.03. The lowest BCUT2D eigenvalue weighted by Crippen LogP contribution is -2.25. The van der Waals surface area contributed by atoms with Crippen molar-refractivity contribution >= 4 is 17.2 Å². The SMILES string of the molecule is Cc1ccn2c(=O)c(NC(=O)c3cccc(C(F)(F)F)c3)c(C)nc2c1. The molecule has 3 rings (SSSR count). The van der Waals surface area contributed by atoms with Crippen molar-refractivity contribution in [3.63, 3.8) is 0 Å². The quantitative estimate of drug-likeness (QED) is 0.759. The maximum absolute atomic E-state index is 12.8. The molecule has 0 radical (unpaired) electrons. The predicted octanol–water partition coefficient (Wildman–Crippen LogP) is 3.58. The Morgan fingerprint density at radius 2 is 1.88 bits per heavy atom. The van der Waals surface area contributed by atoms with Gasteiger partial charge in [-0.3, -0.25) is 14.0 Å². The summed E-state index contributed by atoms with van der Waals surface area (Å²) in [5, 5.41) is 2.38. The maximum atomic E-state index is 12.8. The van der Waals surface area contributed by atoms with Crippen molar-refractivity contribution in [3.05, 3.63) is 75.3 Å². The van der Waals surface area contributed by atoms with Gasteiger partial charge in [-0.25, -0.2) is 4.98 Å². The van der Waals surface area contributed by atoms with Crippen molar-refractivity contribution in [2.45, 2.75) is 20.0 Å². The monoisotopic (exact) mass is 361 g/mol. The summed E-state index contributed by atoms with van der Waals surface area (Å²) in [4.78, 5) is 29.2. The molecule has 0 bridgehead atoms. The molecule has 2 heterocycles. The van der Waals surface area contributed by atoms with Crippen LogP contribution in [-0.2, 0) is 6.18 Å². The number of anilines is 1. The summed E-state index contributed by atoms with van der Waals surface area (Å²) in [7, 11) is 0. The summed E-state index contributed by atoms with van der Waals surface area (Å²) in [6, 6.07) is 7.42. The van der Waals surface area contributed by atoms with E-state index in [-0.39, 0.29) is 16.9 Å². The van der Waals surface area contributed by atoms with Gasteiger partial charge in [-0.15, -0.1) is 0 Å². The van der Waals surface area contributed by atoms with Crippen molar-refractivity contribution in [1.82, 2.24) is 9.38 Å². The van der Waals surface area contributed by atoms with Gasteiger partial charge in [-0.1, -0.05) is 6.07 Å². The standard InChI is InChI=1S/C18H14F3N3O2/c1-10-6-7-24-14(8-10)22-11(2)15(17(24)26)23-16(25)12-4-3-5-13(9-12)18(19,20)21/h3-9H,1-2H3,(H,23,25). The van der Waals surface area contributed by atoms with Gasteiger partial charge >= 0.3 is 6.18 Å². The Balaban J connectivity index is 2.00. The molecule has 8 heteroatoms. The number of fused-ring (bicyclic) bond motifs is 1. The fourth-order valence-electron chi connectivity index (χ4n) is 2.52. The number of aromatic nitrogens is 2. The lowest BCUT2D eigenvalue weighted by atomic mass is 10.1. The molecule has 0 unspecified atom stereocenters. The lowest BCUT2D eigenvalue weighted by Gasteiger charge is -2.11. The Kier molecular flexibility index (Phi) is 4.27. The number of nitrogens with one attached hydrogen (secondary N) is 1. The van der Waals surface area contributed by atoms with Gasteiger partial charge in [0.15, 0.2) is 0 Å². The van der Waals surface area contributed by atoms with Crippen LogP contribution in [-0.4, -0.2) is 15.3 Å². The number of nitrogens with zero attached hydrogens (tertiary/aromatic N) is 2. The Bertz CT molecular complexity index is 1070. The van der Waals surface area contributed by atoms with E-state index in [4.69, 9.17) is 0 Å². The molecule has 26 heavy (non-hydrogen) atoms. The first kappa shape index (κ1) is 17.7. The van der Waals surface area contributed by atoms with Crippen molar-refractivity contribution in [1.29, 1.82) is 0 Å². The number of benzene rings is 1. The minimum Gasteiger partial charge on any atom is -0.316 e. The molecule has 0 spiro atoms. The van der Waals surface area contributed by atoms with E-state index in [0.717, 1.165) is 23.8 Å². The second-order valence-corrected chi connectivity index (χ2v) is 5.84. The minimum atomic E-state index is -4.56. The second kappa shape index (κ2) is 6.29. The largest absolute Gasteiger partial charge is 0.416 e. The number of aryl methyl sites for hydroxylation is 2. The number of amides is 1. The van der Waals surface area contributed by atoms with E-state index < -0.39 is 23.2 Å². The zero-order valence-corrected chi connectivity index (χ0v) is 13.9. The van der Waals surface area contributed by atoms with E-state index in [1.54, 1.807) is 19.1 Å². The molecule has 3 aromatic rings. The van der Waals surface area contributed by atoms with Gasteiger partial charge in [0, 0.05) is 11.8 Å². The number of halogens is 3. The highest BCUT2D eigenvalue weighted by atomic mass is 19.4. The molecule has 2 aromatic heterocycles. The highest BCUT2D eigenvalue weighted by Crippen LogP contribution is 2.29. The van der Waals surface area contributed by atoms with Crippen LogP contribution in [0.25, 0.3) is 5.65 Å². The molecule has 0 atom stereocenters. The maximum Gasteiger partial charge on any atom is 0.416 e. The second-order valence-electron chi connectivity index (χ2n) is 5.84. The fraction of sp³-hybridized carbons (Fsp3) is 0.167. The van der Waals surface area contributed by atoms with Gasteiger partial charge in [0.05, 0.1) is 11.3 Å². The van der Waals surface area contributed by atoms with Crippen molar-refractivity contribution in [3.8, 4) is 0 Å². The third kappa shape index (κ3) is 3.30. The molecule has 134 valence electrons. The average molecular weight is 361 g/mol. The third-order valence-corrected chi connectivity index (χ3v) is 3.86. The summed E-state index contributed by atoms with van der Waals surface area (Å²) in [5.74, 6) is -0.815. The van der Waals surface area contributed by atoms with Crippen LogP contribution in [0.1, 0.15) is 27.2 Å². The molecule has 1 N–H and O–H groups in total. The molecule has 5 nitrogen and oxygen atoms in total. The molecular weight excluding hydrogens is 347 g/mol. The first-order chi connectivity index (χ1) is 12.2. The van der Waals surface area contributed by atoms with Gasteiger partial charge in [0.1, 0.15) is 11.3 Å². The van der Waals surface area contributed by atoms with Crippen LogP contribution in [0.4, 0.5) is 18.9 Å². The van der Waals surface area contributed by atoms with E-state index >= 15 is 0 Å². The van der Waals surface area contributed by atoms with Crippen LogP contribution in [0.5, 0.6) is 0 Å². The number of hydrogen-bond acceptors (Lipinski definition) is 3. The van der Waals surface area contributed by atoms with Crippen LogP contribution < -0.4 is 10.9 Å². The van der Waals surface area contributed by atoms with Crippen LogP contribution in [0.3, 0.4) is 0 Å². The molecule has 1 amide bonds. The van der Waals surface area contributed by atoms with Crippen LogP contribution >= 0.6 is 0 Å². The number of rotatable bonds is 2. The number of pyridine rings is 1. The Labute approximate surface area is 146 Å². The third-order valence-electron chi connectivity index (χ3n) is 3.86. The Hall–Kier alpha value is -3.16. The highest BCUT2D eigenvalue weighted by Gasteiger charge is 2.31. The molecule has 0 aliphatic rings. The smallest absolute Gasteiger partial charge is 0.316 e. The van der Waals surface area contributed by atoms with Crippen molar-refractivity contribution in [2.75, 3.05) is 5.32 Å². The van der Waals surface area contributed by atoms with Gasteiger partial charge in [0.2, 0.25) is 0 Å². The van der Waals surface area contributed by atoms with Crippen LogP contribution in [0.2, 0.25) is 0 Å². The molecular formula is C18H14F3N3O2. The van der Waals surface area contributed by atoms with E-state index in [9.17, 15) is 22.8 Å². The van der Waals surface area contributed by atoms with Crippen molar-refractivity contribution < 1.29 is 18.0 Å². The molecule has 0 saturated heterocycles.